The van der Waals surface area contributed by atoms with Crippen LogP contribution in [0.5, 0.6) is 0 Å². The second kappa shape index (κ2) is 7.36. The number of hydrogen-bond donors (Lipinski definition) is 1. The molecule has 1 atom stereocenters. The molecular formula is C16H22ClN3S. The maximum Gasteiger partial charge on any atom is 0.123 e. The van der Waals surface area contributed by atoms with Crippen LogP contribution < -0.4 is 5.32 Å². The number of aromatic nitrogens is 1. The Balaban J connectivity index is 0.00000161. The number of thiazole rings is 1. The molecule has 1 fully saturated rings. The number of hydrogen-bond acceptors (Lipinski definition) is 4. The van der Waals surface area contributed by atoms with E-state index in [1.165, 1.54) is 16.0 Å². The second-order valence-corrected chi connectivity index (χ2v) is 6.70. The lowest BCUT2D eigenvalue weighted by Gasteiger charge is -2.31. The Bertz CT molecular complexity index is 567. The molecule has 1 aliphatic heterocycles. The second-order valence-electron chi connectivity index (χ2n) is 5.59. The van der Waals surface area contributed by atoms with E-state index >= 15 is 0 Å². The predicted molar refractivity (Wildman–Crippen MR) is 92.3 cm³/mol. The van der Waals surface area contributed by atoms with Gasteiger partial charge in [0.25, 0.3) is 0 Å². The van der Waals surface area contributed by atoms with Crippen LogP contribution in [-0.4, -0.2) is 35.6 Å². The van der Waals surface area contributed by atoms with Gasteiger partial charge in [-0.2, -0.15) is 0 Å². The lowest BCUT2D eigenvalue weighted by molar-refractivity contribution is 0.201. The summed E-state index contributed by atoms with van der Waals surface area (Å²) < 4.78 is 0. The van der Waals surface area contributed by atoms with Gasteiger partial charge in [-0.25, -0.2) is 4.98 Å². The van der Waals surface area contributed by atoms with E-state index in [1.807, 2.05) is 17.5 Å². The van der Waals surface area contributed by atoms with E-state index in [4.69, 9.17) is 0 Å². The lowest BCUT2D eigenvalue weighted by atomic mass is 10.2. The van der Waals surface area contributed by atoms with Crippen molar-refractivity contribution < 1.29 is 0 Å². The van der Waals surface area contributed by atoms with Crippen LogP contribution >= 0.6 is 23.7 Å². The van der Waals surface area contributed by atoms with Gasteiger partial charge in [-0.15, -0.1) is 23.7 Å². The summed E-state index contributed by atoms with van der Waals surface area (Å²) in [6, 6.07) is 9.20. The molecule has 0 spiro atoms. The number of nitrogens with zero attached hydrogens (tertiary/aromatic N) is 2. The molecule has 2 heterocycles. The van der Waals surface area contributed by atoms with E-state index in [2.05, 4.69) is 53.3 Å². The van der Waals surface area contributed by atoms with E-state index in [1.54, 1.807) is 0 Å². The predicted octanol–water partition coefficient (Wildman–Crippen LogP) is 3.33. The summed E-state index contributed by atoms with van der Waals surface area (Å²) in [5.41, 5.74) is 2.51. The fourth-order valence-electron chi connectivity index (χ4n) is 2.59. The van der Waals surface area contributed by atoms with Gasteiger partial charge >= 0.3 is 0 Å². The fourth-order valence-corrected chi connectivity index (χ4v) is 3.55. The van der Waals surface area contributed by atoms with E-state index in [0.29, 0.717) is 6.04 Å². The summed E-state index contributed by atoms with van der Waals surface area (Å²) in [4.78, 5) is 8.44. The highest BCUT2D eigenvalue weighted by Gasteiger charge is 2.16. The SMILES string of the molecule is Cc1ccc(-c2ncc(CN3CCN[C@H](C)C3)s2)cc1.Cl. The molecule has 1 saturated heterocycles. The van der Waals surface area contributed by atoms with Crippen molar-refractivity contribution in [2.45, 2.75) is 26.4 Å². The molecular weight excluding hydrogens is 302 g/mol. The van der Waals surface area contributed by atoms with Gasteiger partial charge in [-0.3, -0.25) is 4.90 Å². The Kier molecular flexibility index (Phi) is 5.76. The van der Waals surface area contributed by atoms with Crippen molar-refractivity contribution in [2.75, 3.05) is 19.6 Å². The van der Waals surface area contributed by atoms with Crippen molar-refractivity contribution in [1.82, 2.24) is 15.2 Å². The van der Waals surface area contributed by atoms with E-state index in [0.717, 1.165) is 31.2 Å². The van der Waals surface area contributed by atoms with Crippen molar-refractivity contribution >= 4 is 23.7 Å². The van der Waals surface area contributed by atoms with Crippen LogP contribution in [-0.2, 0) is 6.54 Å². The highest BCUT2D eigenvalue weighted by Crippen LogP contribution is 2.26. The molecule has 2 aromatic rings. The van der Waals surface area contributed by atoms with Crippen molar-refractivity contribution in [3.63, 3.8) is 0 Å². The first-order valence-corrected chi connectivity index (χ1v) is 8.00. The van der Waals surface area contributed by atoms with Crippen LogP contribution in [0, 0.1) is 6.92 Å². The minimum absolute atomic E-state index is 0. The van der Waals surface area contributed by atoms with Gasteiger partial charge in [0, 0.05) is 48.9 Å². The fraction of sp³-hybridized carbons (Fsp3) is 0.438. The number of benzene rings is 1. The first-order valence-electron chi connectivity index (χ1n) is 7.18. The smallest absolute Gasteiger partial charge is 0.123 e. The van der Waals surface area contributed by atoms with Crippen molar-refractivity contribution in [2.24, 2.45) is 0 Å². The number of aryl methyl sites for hydroxylation is 1. The molecule has 5 heteroatoms. The number of halogens is 1. The third-order valence-electron chi connectivity index (χ3n) is 3.68. The Labute approximate surface area is 136 Å². The molecule has 0 aliphatic carbocycles. The molecule has 114 valence electrons. The zero-order valence-electron chi connectivity index (χ0n) is 12.5. The number of rotatable bonds is 3. The van der Waals surface area contributed by atoms with Crippen LogP contribution in [0.3, 0.4) is 0 Å². The van der Waals surface area contributed by atoms with Crippen LogP contribution in [0.25, 0.3) is 10.6 Å². The highest BCUT2D eigenvalue weighted by molar-refractivity contribution is 7.15. The molecule has 1 aliphatic rings. The van der Waals surface area contributed by atoms with Crippen molar-refractivity contribution in [1.29, 1.82) is 0 Å². The maximum atomic E-state index is 4.58. The molecule has 21 heavy (non-hydrogen) atoms. The number of nitrogens with one attached hydrogen (secondary N) is 1. The quantitative estimate of drug-likeness (QED) is 0.939. The van der Waals surface area contributed by atoms with Crippen LogP contribution in [0.1, 0.15) is 17.4 Å². The van der Waals surface area contributed by atoms with Crippen LogP contribution in [0.15, 0.2) is 30.5 Å². The normalized spacial score (nSPS) is 19.2. The standard InChI is InChI=1S/C16H21N3S.ClH/c1-12-3-5-14(6-4-12)16-18-9-15(20-16)11-19-8-7-17-13(2)10-19;/h3-6,9,13,17H,7-8,10-11H2,1-2H3;1H/t13-;/m1./s1. The maximum absolute atomic E-state index is 4.58. The van der Waals surface area contributed by atoms with Crippen LogP contribution in [0.2, 0.25) is 0 Å². The van der Waals surface area contributed by atoms with Gasteiger partial charge < -0.3 is 5.32 Å². The summed E-state index contributed by atoms with van der Waals surface area (Å²) in [6.45, 7) is 8.72. The summed E-state index contributed by atoms with van der Waals surface area (Å²) in [5.74, 6) is 0. The zero-order valence-corrected chi connectivity index (χ0v) is 14.1. The minimum atomic E-state index is 0. The van der Waals surface area contributed by atoms with Gasteiger partial charge in [0.15, 0.2) is 0 Å². The van der Waals surface area contributed by atoms with Crippen LogP contribution in [0.4, 0.5) is 0 Å². The van der Waals surface area contributed by atoms with Crippen molar-refractivity contribution in [3.8, 4) is 10.6 Å². The van der Waals surface area contributed by atoms with Gasteiger partial charge in [-0.05, 0) is 13.8 Å². The first-order chi connectivity index (χ1) is 9.70. The Morgan fingerprint density at radius 1 is 1.33 bits per heavy atom. The van der Waals surface area contributed by atoms with E-state index < -0.39 is 0 Å². The average Bonchev–Trinajstić information content (AvgIpc) is 2.88. The molecule has 3 nitrogen and oxygen atoms in total. The third kappa shape index (κ3) is 4.27. The summed E-state index contributed by atoms with van der Waals surface area (Å²) in [7, 11) is 0. The van der Waals surface area contributed by atoms with Gasteiger partial charge in [0.2, 0.25) is 0 Å². The topological polar surface area (TPSA) is 28.2 Å². The molecule has 1 N–H and O–H groups in total. The van der Waals surface area contributed by atoms with Crippen molar-refractivity contribution in [3.05, 3.63) is 40.9 Å². The first kappa shape index (κ1) is 16.4. The number of piperazine rings is 1. The molecule has 0 radical (unpaired) electrons. The molecule has 0 amide bonds. The lowest BCUT2D eigenvalue weighted by Crippen LogP contribution is -2.48. The van der Waals surface area contributed by atoms with Gasteiger partial charge in [0.1, 0.15) is 5.01 Å². The molecule has 3 rings (SSSR count). The molecule has 1 aromatic heterocycles. The summed E-state index contributed by atoms with van der Waals surface area (Å²) in [6.07, 6.45) is 2.03. The average molecular weight is 324 g/mol. The molecule has 1 aromatic carbocycles. The Hall–Kier alpha value is -0.940. The zero-order chi connectivity index (χ0) is 13.9. The highest BCUT2D eigenvalue weighted by atomic mass is 35.5. The molecule has 0 bridgehead atoms. The Morgan fingerprint density at radius 2 is 2.10 bits per heavy atom. The summed E-state index contributed by atoms with van der Waals surface area (Å²) in [5, 5.41) is 4.61. The summed E-state index contributed by atoms with van der Waals surface area (Å²) >= 11 is 1.81. The molecule has 0 unspecified atom stereocenters. The Morgan fingerprint density at radius 3 is 2.81 bits per heavy atom. The third-order valence-corrected chi connectivity index (χ3v) is 4.72. The largest absolute Gasteiger partial charge is 0.312 e. The monoisotopic (exact) mass is 323 g/mol. The molecule has 0 saturated carbocycles. The van der Waals surface area contributed by atoms with E-state index in [-0.39, 0.29) is 12.4 Å². The van der Waals surface area contributed by atoms with Gasteiger partial charge in [0.05, 0.1) is 0 Å². The van der Waals surface area contributed by atoms with Gasteiger partial charge in [-0.1, -0.05) is 29.8 Å². The minimum Gasteiger partial charge on any atom is -0.312 e. The van der Waals surface area contributed by atoms with E-state index in [9.17, 15) is 0 Å².